The number of hydrogen-bond acceptors (Lipinski definition) is 3. The van der Waals surface area contributed by atoms with Crippen molar-refractivity contribution in [2.45, 2.75) is 32.4 Å². The van der Waals surface area contributed by atoms with E-state index in [1.54, 1.807) is 0 Å². The van der Waals surface area contributed by atoms with E-state index >= 15 is 0 Å². The molecule has 0 amide bonds. The highest BCUT2D eigenvalue weighted by molar-refractivity contribution is 5.88. The number of nitrogens with one attached hydrogen (secondary N) is 1. The summed E-state index contributed by atoms with van der Waals surface area (Å²) >= 11 is 0. The molecule has 3 heteroatoms. The first-order valence-electron chi connectivity index (χ1n) is 6.97. The molecule has 2 rings (SSSR count). The molecule has 108 valence electrons. The molecule has 2 aromatic carbocycles. The SMILES string of the molecule is Cc1ccc([C@H](O)CNC(C)(C)CO)c2ccccc12. The van der Waals surface area contributed by atoms with Gasteiger partial charge in [-0.3, -0.25) is 0 Å². The van der Waals surface area contributed by atoms with E-state index in [2.05, 4.69) is 18.3 Å². The summed E-state index contributed by atoms with van der Waals surface area (Å²) in [5, 5.41) is 25.1. The lowest BCUT2D eigenvalue weighted by Crippen LogP contribution is -2.44. The lowest BCUT2D eigenvalue weighted by molar-refractivity contribution is 0.137. The maximum atomic E-state index is 10.4. The summed E-state index contributed by atoms with van der Waals surface area (Å²) in [6.07, 6.45) is -0.591. The van der Waals surface area contributed by atoms with E-state index in [4.69, 9.17) is 0 Å². The summed E-state index contributed by atoms with van der Waals surface area (Å²) in [6.45, 7) is 6.35. The van der Waals surface area contributed by atoms with Gasteiger partial charge in [0.2, 0.25) is 0 Å². The number of rotatable bonds is 5. The van der Waals surface area contributed by atoms with Crippen LogP contribution in [0.2, 0.25) is 0 Å². The molecule has 0 aromatic heterocycles. The van der Waals surface area contributed by atoms with Gasteiger partial charge in [0.05, 0.1) is 12.7 Å². The molecule has 0 aliphatic rings. The van der Waals surface area contributed by atoms with Crippen LogP contribution >= 0.6 is 0 Å². The molecule has 0 aliphatic carbocycles. The molecule has 0 unspecified atom stereocenters. The molecule has 0 bridgehead atoms. The number of aliphatic hydroxyl groups is 2. The zero-order valence-electron chi connectivity index (χ0n) is 12.4. The predicted molar refractivity (Wildman–Crippen MR) is 82.8 cm³/mol. The monoisotopic (exact) mass is 273 g/mol. The molecule has 20 heavy (non-hydrogen) atoms. The molecular formula is C17H23NO2. The van der Waals surface area contributed by atoms with Crippen molar-refractivity contribution in [3.63, 3.8) is 0 Å². The average Bonchev–Trinajstić information content (AvgIpc) is 2.46. The molecular weight excluding hydrogens is 250 g/mol. The zero-order valence-corrected chi connectivity index (χ0v) is 12.4. The summed E-state index contributed by atoms with van der Waals surface area (Å²) in [5.41, 5.74) is 1.74. The lowest BCUT2D eigenvalue weighted by atomic mass is 9.96. The van der Waals surface area contributed by atoms with Crippen LogP contribution in [0.4, 0.5) is 0 Å². The Morgan fingerprint density at radius 2 is 1.75 bits per heavy atom. The van der Waals surface area contributed by atoms with Crippen molar-refractivity contribution in [3.05, 3.63) is 47.5 Å². The van der Waals surface area contributed by atoms with Crippen LogP contribution in [0.1, 0.15) is 31.1 Å². The fourth-order valence-corrected chi connectivity index (χ4v) is 2.30. The highest BCUT2D eigenvalue weighted by atomic mass is 16.3. The molecule has 2 aromatic rings. The first kappa shape index (κ1) is 15.0. The number of benzene rings is 2. The Kier molecular flexibility index (Phi) is 4.43. The van der Waals surface area contributed by atoms with Gasteiger partial charge < -0.3 is 15.5 Å². The topological polar surface area (TPSA) is 52.5 Å². The van der Waals surface area contributed by atoms with Crippen molar-refractivity contribution in [2.75, 3.05) is 13.2 Å². The van der Waals surface area contributed by atoms with Gasteiger partial charge in [0.25, 0.3) is 0 Å². The number of aliphatic hydroxyl groups excluding tert-OH is 2. The molecule has 0 aliphatic heterocycles. The van der Waals surface area contributed by atoms with Crippen molar-refractivity contribution in [3.8, 4) is 0 Å². The molecule has 0 fully saturated rings. The van der Waals surface area contributed by atoms with Gasteiger partial charge in [-0.1, -0.05) is 36.4 Å². The summed E-state index contributed by atoms with van der Waals surface area (Å²) < 4.78 is 0. The molecule has 0 heterocycles. The van der Waals surface area contributed by atoms with Crippen molar-refractivity contribution < 1.29 is 10.2 Å². The normalized spacial score (nSPS) is 13.7. The number of β-amino-alcohol motifs (C(OH)–C–C–N with tert-alkyl or cyclic N) is 1. The molecule has 1 atom stereocenters. The van der Waals surface area contributed by atoms with E-state index < -0.39 is 6.10 Å². The Morgan fingerprint density at radius 3 is 2.40 bits per heavy atom. The molecule has 3 N–H and O–H groups in total. The second-order valence-electron chi connectivity index (χ2n) is 5.96. The number of hydrogen-bond donors (Lipinski definition) is 3. The van der Waals surface area contributed by atoms with E-state index in [0.29, 0.717) is 6.54 Å². The largest absolute Gasteiger partial charge is 0.394 e. The van der Waals surface area contributed by atoms with Gasteiger partial charge in [-0.2, -0.15) is 0 Å². The van der Waals surface area contributed by atoms with E-state index in [9.17, 15) is 10.2 Å². The molecule has 0 spiro atoms. The molecule has 0 saturated heterocycles. The first-order chi connectivity index (χ1) is 9.44. The molecule has 0 radical (unpaired) electrons. The highest BCUT2D eigenvalue weighted by Crippen LogP contribution is 2.26. The highest BCUT2D eigenvalue weighted by Gasteiger charge is 2.19. The maximum Gasteiger partial charge on any atom is 0.0920 e. The fourth-order valence-electron chi connectivity index (χ4n) is 2.30. The number of aryl methyl sites for hydroxylation is 1. The second-order valence-corrected chi connectivity index (χ2v) is 5.96. The smallest absolute Gasteiger partial charge is 0.0920 e. The standard InChI is InChI=1S/C17H23NO2/c1-12-8-9-15(14-7-5-4-6-13(12)14)16(20)10-18-17(2,3)11-19/h4-9,16,18-20H,10-11H2,1-3H3/t16-/m1/s1. The van der Waals surface area contributed by atoms with Crippen LogP contribution in [0.5, 0.6) is 0 Å². The van der Waals surface area contributed by atoms with Gasteiger partial charge in [0, 0.05) is 12.1 Å². The van der Waals surface area contributed by atoms with Crippen LogP contribution in [-0.2, 0) is 0 Å². The Hall–Kier alpha value is -1.42. The van der Waals surface area contributed by atoms with Crippen molar-refractivity contribution in [1.82, 2.24) is 5.32 Å². The van der Waals surface area contributed by atoms with Gasteiger partial charge in [0.15, 0.2) is 0 Å². The number of fused-ring (bicyclic) bond motifs is 1. The minimum absolute atomic E-state index is 0.0361. The second kappa shape index (κ2) is 5.92. The van der Waals surface area contributed by atoms with Crippen LogP contribution in [-0.4, -0.2) is 28.9 Å². The lowest BCUT2D eigenvalue weighted by Gasteiger charge is -2.26. The summed E-state index contributed by atoms with van der Waals surface area (Å²) in [7, 11) is 0. The zero-order chi connectivity index (χ0) is 14.8. The van der Waals surface area contributed by atoms with E-state index in [1.165, 1.54) is 10.9 Å². The average molecular weight is 273 g/mol. The van der Waals surface area contributed by atoms with Crippen molar-refractivity contribution in [2.24, 2.45) is 0 Å². The first-order valence-corrected chi connectivity index (χ1v) is 6.97. The van der Waals surface area contributed by atoms with Crippen molar-refractivity contribution >= 4 is 10.8 Å². The van der Waals surface area contributed by atoms with Crippen molar-refractivity contribution in [1.29, 1.82) is 0 Å². The van der Waals surface area contributed by atoms with Crippen LogP contribution < -0.4 is 5.32 Å². The van der Waals surface area contributed by atoms with E-state index in [-0.39, 0.29) is 12.1 Å². The van der Waals surface area contributed by atoms with Crippen LogP contribution in [0.15, 0.2) is 36.4 Å². The van der Waals surface area contributed by atoms with Gasteiger partial charge in [0.1, 0.15) is 0 Å². The van der Waals surface area contributed by atoms with E-state index in [1.807, 2.05) is 44.2 Å². The van der Waals surface area contributed by atoms with Crippen LogP contribution in [0.3, 0.4) is 0 Å². The van der Waals surface area contributed by atoms with Gasteiger partial charge in [-0.15, -0.1) is 0 Å². The predicted octanol–water partition coefficient (Wildman–Crippen LogP) is 2.54. The Morgan fingerprint density at radius 1 is 1.10 bits per heavy atom. The van der Waals surface area contributed by atoms with E-state index in [0.717, 1.165) is 10.9 Å². The fraction of sp³-hybridized carbons (Fsp3) is 0.412. The Bertz CT molecular complexity index is 593. The van der Waals surface area contributed by atoms with Gasteiger partial charge in [-0.25, -0.2) is 0 Å². The summed E-state index contributed by atoms with van der Waals surface area (Å²) in [4.78, 5) is 0. The summed E-state index contributed by atoms with van der Waals surface area (Å²) in [6, 6.07) is 12.1. The minimum atomic E-state index is -0.591. The molecule has 3 nitrogen and oxygen atoms in total. The quantitative estimate of drug-likeness (QED) is 0.784. The Balaban J connectivity index is 2.27. The third kappa shape index (κ3) is 3.18. The van der Waals surface area contributed by atoms with Crippen LogP contribution in [0.25, 0.3) is 10.8 Å². The maximum absolute atomic E-state index is 10.4. The van der Waals surface area contributed by atoms with Gasteiger partial charge in [-0.05, 0) is 42.7 Å². The third-order valence-corrected chi connectivity index (χ3v) is 3.70. The molecule has 0 saturated carbocycles. The third-order valence-electron chi connectivity index (χ3n) is 3.70. The van der Waals surface area contributed by atoms with Gasteiger partial charge >= 0.3 is 0 Å². The minimum Gasteiger partial charge on any atom is -0.394 e. The Labute approximate surface area is 120 Å². The summed E-state index contributed by atoms with van der Waals surface area (Å²) in [5.74, 6) is 0. The van der Waals surface area contributed by atoms with Crippen LogP contribution in [0, 0.1) is 6.92 Å².